The second kappa shape index (κ2) is 12.1. The fraction of sp³-hybridized carbons (Fsp3) is 0.463. The third-order valence-corrected chi connectivity index (χ3v) is 9.66. The molecule has 2 N–H and O–H groups in total. The number of aliphatic hydroxyl groups excluding tert-OH is 1. The van der Waals surface area contributed by atoms with Gasteiger partial charge in [-0.25, -0.2) is 0 Å². The lowest BCUT2D eigenvalue weighted by molar-refractivity contribution is 0.232. The van der Waals surface area contributed by atoms with Crippen molar-refractivity contribution in [3.8, 4) is 11.4 Å². The van der Waals surface area contributed by atoms with Crippen LogP contribution in [0.2, 0.25) is 0 Å². The summed E-state index contributed by atoms with van der Waals surface area (Å²) in [5.74, 6) is 0.0320. The zero-order valence-electron chi connectivity index (χ0n) is 30.8. The molecule has 1 aliphatic carbocycles. The number of fused-ring (bicyclic) bond motifs is 2. The molecule has 0 fully saturated rings. The molecule has 0 aliphatic heterocycles. The molecule has 1 aliphatic rings. The molecule has 8 nitrogen and oxygen atoms in total. The number of rotatable bonds is 8. The van der Waals surface area contributed by atoms with E-state index in [0.29, 0.717) is 24.2 Å². The van der Waals surface area contributed by atoms with E-state index in [1.54, 1.807) is 9.59 Å². The smallest absolute Gasteiger partial charge is 0.146 e. The van der Waals surface area contributed by atoms with Crippen molar-refractivity contribution in [2.45, 2.75) is 100 Å². The Hall–Kier alpha value is -4.46. The minimum Gasteiger partial charge on any atom is -0.510 e. The molecule has 0 radical (unpaired) electrons. The van der Waals surface area contributed by atoms with E-state index in [2.05, 4.69) is 81.4 Å². The average Bonchev–Trinajstić information content (AvgIpc) is 3.61. The zero-order chi connectivity index (χ0) is 35.5. The third-order valence-electron chi connectivity index (χ3n) is 9.66. The number of hydrogen-bond acceptors (Lipinski definition) is 6. The van der Waals surface area contributed by atoms with Crippen molar-refractivity contribution in [3.63, 3.8) is 0 Å². The SMILES string of the molecule is CC(C)(C)CC(C)(C)C1=CC(n2nc3ccccc3n2)=C(O)C(Cc2cc(C(C)(C)CC(C)(C)C)cc(-n3nc4ccccc4n3)c2O)C1. The summed E-state index contributed by atoms with van der Waals surface area (Å²) in [6, 6.07) is 19.6. The van der Waals surface area contributed by atoms with Crippen molar-refractivity contribution in [2.24, 2.45) is 22.2 Å². The largest absolute Gasteiger partial charge is 0.510 e. The zero-order valence-corrected chi connectivity index (χ0v) is 30.8. The van der Waals surface area contributed by atoms with E-state index in [4.69, 9.17) is 20.4 Å². The molecule has 1 unspecified atom stereocenters. The van der Waals surface area contributed by atoms with Gasteiger partial charge in [-0.3, -0.25) is 0 Å². The van der Waals surface area contributed by atoms with Gasteiger partial charge < -0.3 is 10.2 Å². The van der Waals surface area contributed by atoms with Crippen molar-refractivity contribution < 1.29 is 10.2 Å². The van der Waals surface area contributed by atoms with Gasteiger partial charge in [0.1, 0.15) is 45.0 Å². The van der Waals surface area contributed by atoms with Gasteiger partial charge in [0, 0.05) is 5.92 Å². The van der Waals surface area contributed by atoms with Crippen LogP contribution in [0, 0.1) is 22.2 Å². The van der Waals surface area contributed by atoms with Crippen molar-refractivity contribution >= 4 is 27.8 Å². The topological polar surface area (TPSA) is 102 Å². The number of phenols is 1. The Kier molecular flexibility index (Phi) is 8.53. The van der Waals surface area contributed by atoms with Gasteiger partial charge in [0.25, 0.3) is 0 Å². The number of nitrogens with zero attached hydrogens (tertiary/aromatic N) is 6. The van der Waals surface area contributed by atoms with Crippen molar-refractivity contribution in [3.05, 3.63) is 89.2 Å². The van der Waals surface area contributed by atoms with E-state index < -0.39 is 0 Å². The van der Waals surface area contributed by atoms with Gasteiger partial charge in [0.05, 0.1) is 0 Å². The summed E-state index contributed by atoms with van der Waals surface area (Å²) in [5, 5.41) is 43.1. The Morgan fingerprint density at radius 2 is 1.12 bits per heavy atom. The van der Waals surface area contributed by atoms with Gasteiger partial charge >= 0.3 is 0 Å². The molecule has 8 heteroatoms. The van der Waals surface area contributed by atoms with Crippen molar-refractivity contribution in [1.82, 2.24) is 30.0 Å². The lowest BCUT2D eigenvalue weighted by Gasteiger charge is -2.38. The third kappa shape index (κ3) is 7.29. The van der Waals surface area contributed by atoms with E-state index in [1.807, 2.05) is 54.6 Å². The predicted molar refractivity (Wildman–Crippen MR) is 199 cm³/mol. The Morgan fingerprint density at radius 3 is 1.61 bits per heavy atom. The summed E-state index contributed by atoms with van der Waals surface area (Å²) in [7, 11) is 0. The number of aromatic nitrogens is 6. The van der Waals surface area contributed by atoms with Crippen LogP contribution in [0.1, 0.15) is 99.6 Å². The number of allylic oxidation sites excluding steroid dienone is 4. The second-order valence-electron chi connectivity index (χ2n) is 17.7. The molecule has 0 amide bonds. The fourth-order valence-corrected chi connectivity index (χ4v) is 8.11. The molecule has 0 bridgehead atoms. The molecule has 49 heavy (non-hydrogen) atoms. The number of aromatic hydroxyl groups is 1. The van der Waals surface area contributed by atoms with Crippen LogP contribution < -0.4 is 0 Å². The van der Waals surface area contributed by atoms with Gasteiger partial charge in [-0.05, 0) is 94.9 Å². The Morgan fingerprint density at radius 1 is 0.653 bits per heavy atom. The number of aliphatic hydroxyl groups is 1. The van der Waals surface area contributed by atoms with Gasteiger partial charge in [0.15, 0.2) is 0 Å². The molecular formula is C41H52N6O2. The summed E-state index contributed by atoms with van der Waals surface area (Å²) in [4.78, 5) is 3.13. The number of benzene rings is 3. The average molecular weight is 661 g/mol. The molecule has 2 heterocycles. The van der Waals surface area contributed by atoms with Gasteiger partial charge in [-0.2, -0.15) is 0 Å². The first-order valence-corrected chi connectivity index (χ1v) is 17.5. The highest BCUT2D eigenvalue weighted by molar-refractivity contribution is 5.75. The van der Waals surface area contributed by atoms with Crippen LogP contribution >= 0.6 is 0 Å². The second-order valence-corrected chi connectivity index (χ2v) is 17.7. The van der Waals surface area contributed by atoms with Gasteiger partial charge in [0.2, 0.25) is 0 Å². The molecule has 258 valence electrons. The minimum absolute atomic E-state index is 0.0816. The maximum absolute atomic E-state index is 12.1. The molecule has 1 atom stereocenters. The first kappa shape index (κ1) is 34.4. The standard InChI is InChI=1S/C41H52N6O2/c1-38(2,3)24-40(7,8)28-20-26(36(48)34(22-28)46-42-30-15-11-12-16-31(30)43-46)19-27-21-29(41(9,10)25-39(4,5)6)23-35(37(27)49)47-44-32-17-13-14-18-33(32)45-47/h11-18,20,22-23,27,48-49H,19,21,24-25H2,1-10H3. The van der Waals surface area contributed by atoms with Crippen LogP contribution in [0.15, 0.2) is 78.1 Å². The Bertz CT molecular complexity index is 2010. The molecule has 0 saturated carbocycles. The molecule has 5 aromatic rings. The van der Waals surface area contributed by atoms with Crippen LogP contribution in [0.4, 0.5) is 0 Å². The molecular weight excluding hydrogens is 608 g/mol. The summed E-state index contributed by atoms with van der Waals surface area (Å²) >= 11 is 0. The van der Waals surface area contributed by atoms with Crippen molar-refractivity contribution in [1.29, 1.82) is 0 Å². The highest BCUT2D eigenvalue weighted by atomic mass is 16.3. The summed E-state index contributed by atoms with van der Waals surface area (Å²) < 4.78 is 0. The van der Waals surface area contributed by atoms with Gasteiger partial charge in [-0.1, -0.05) is 105 Å². The molecule has 6 rings (SSSR count). The van der Waals surface area contributed by atoms with Crippen molar-refractivity contribution in [2.75, 3.05) is 0 Å². The van der Waals surface area contributed by atoms with Crippen LogP contribution in [-0.2, 0) is 11.8 Å². The Labute approximate surface area is 290 Å². The monoisotopic (exact) mass is 660 g/mol. The molecule has 0 saturated heterocycles. The van der Waals surface area contributed by atoms with Crippen LogP contribution in [0.5, 0.6) is 5.75 Å². The maximum Gasteiger partial charge on any atom is 0.146 e. The number of hydrogen-bond donors (Lipinski definition) is 2. The first-order valence-electron chi connectivity index (χ1n) is 17.5. The van der Waals surface area contributed by atoms with Crippen LogP contribution in [0.25, 0.3) is 33.5 Å². The normalized spacial score (nSPS) is 16.5. The lowest BCUT2D eigenvalue weighted by Crippen LogP contribution is -2.28. The number of phenolic OH excluding ortho intramolecular Hbond substituents is 1. The highest BCUT2D eigenvalue weighted by Crippen LogP contribution is 2.47. The molecule has 2 aromatic heterocycles. The summed E-state index contributed by atoms with van der Waals surface area (Å²) in [5.41, 5.74) is 7.05. The predicted octanol–water partition coefficient (Wildman–Crippen LogP) is 9.96. The van der Waals surface area contributed by atoms with E-state index in [1.165, 1.54) is 5.57 Å². The maximum atomic E-state index is 12.1. The van der Waals surface area contributed by atoms with Crippen LogP contribution in [-0.4, -0.2) is 40.2 Å². The van der Waals surface area contributed by atoms with Gasteiger partial charge in [-0.15, -0.1) is 30.0 Å². The minimum atomic E-state index is -0.312. The van der Waals surface area contributed by atoms with E-state index in [0.717, 1.165) is 46.0 Å². The van der Waals surface area contributed by atoms with E-state index in [-0.39, 0.29) is 39.1 Å². The van der Waals surface area contributed by atoms with Crippen LogP contribution in [0.3, 0.4) is 0 Å². The quantitative estimate of drug-likeness (QED) is 0.172. The van der Waals surface area contributed by atoms with E-state index in [9.17, 15) is 10.2 Å². The Balaban J connectivity index is 1.49. The summed E-state index contributed by atoms with van der Waals surface area (Å²) in [6.45, 7) is 22.6. The van der Waals surface area contributed by atoms with E-state index >= 15 is 0 Å². The molecule has 3 aromatic carbocycles. The highest BCUT2D eigenvalue weighted by Gasteiger charge is 2.37. The first-order chi connectivity index (χ1) is 22.8. The fourth-order valence-electron chi connectivity index (χ4n) is 8.11. The lowest BCUT2D eigenvalue weighted by atomic mass is 9.67. The molecule has 0 spiro atoms. The summed E-state index contributed by atoms with van der Waals surface area (Å²) in [6.07, 6.45) is 5.05.